The Balaban J connectivity index is 1.69. The number of benzene rings is 2. The van der Waals surface area contributed by atoms with Crippen LogP contribution in [0.4, 0.5) is 13.2 Å². The van der Waals surface area contributed by atoms with E-state index in [2.05, 4.69) is 10.6 Å². The lowest BCUT2D eigenvalue weighted by molar-refractivity contribution is -0.189. The molecule has 3 atom stereocenters. The highest BCUT2D eigenvalue weighted by atomic mass is 35.5. The zero-order valence-corrected chi connectivity index (χ0v) is 24.7. The van der Waals surface area contributed by atoms with Gasteiger partial charge >= 0.3 is 6.18 Å². The molecular formula is C29H33Cl2F3N4O3. The maximum atomic E-state index is 12.9. The summed E-state index contributed by atoms with van der Waals surface area (Å²) in [7, 11) is 0. The van der Waals surface area contributed by atoms with Gasteiger partial charge in [-0.1, -0.05) is 35.9 Å². The van der Waals surface area contributed by atoms with Gasteiger partial charge in [0.2, 0.25) is 5.91 Å². The first kappa shape index (κ1) is 32.3. The first-order valence-corrected chi connectivity index (χ1v) is 14.1. The Hall–Kier alpha value is -3.24. The topological polar surface area (TPSA) is 85.2 Å². The minimum Gasteiger partial charge on any atom is -0.480 e. The van der Waals surface area contributed by atoms with E-state index in [9.17, 15) is 22.8 Å². The van der Waals surface area contributed by atoms with Crippen LogP contribution in [0.25, 0.3) is 11.3 Å². The molecule has 3 rings (SSSR count). The Morgan fingerprint density at radius 3 is 2.34 bits per heavy atom. The highest BCUT2D eigenvalue weighted by Gasteiger charge is 2.38. The molecule has 0 bridgehead atoms. The number of halogens is 5. The number of nitrogens with one attached hydrogen (secondary N) is 2. The first-order chi connectivity index (χ1) is 19.3. The number of hydrogen-bond acceptors (Lipinski definition) is 4. The van der Waals surface area contributed by atoms with Crippen LogP contribution in [0.5, 0.6) is 5.75 Å². The van der Waals surface area contributed by atoms with Crippen LogP contribution in [0.2, 0.25) is 5.02 Å². The Labute approximate surface area is 247 Å². The molecule has 0 aliphatic rings. The second-order valence-corrected chi connectivity index (χ2v) is 10.5. The van der Waals surface area contributed by atoms with E-state index >= 15 is 0 Å². The number of amides is 2. The molecule has 0 aliphatic heterocycles. The second-order valence-electron chi connectivity index (χ2n) is 9.69. The molecule has 2 amide bonds. The van der Waals surface area contributed by atoms with Crippen molar-refractivity contribution in [3.63, 3.8) is 0 Å². The van der Waals surface area contributed by atoms with E-state index in [0.717, 1.165) is 29.6 Å². The van der Waals surface area contributed by atoms with Gasteiger partial charge in [-0.15, -0.1) is 11.6 Å². The number of hydrogen-bond donors (Lipinski definition) is 2. The Bertz CT molecular complexity index is 1350. The number of imidazole rings is 1. The van der Waals surface area contributed by atoms with Crippen LogP contribution in [-0.2, 0) is 17.8 Å². The fourth-order valence-electron chi connectivity index (χ4n) is 4.25. The maximum absolute atomic E-state index is 12.9. The normalized spacial score (nSPS) is 13.8. The Morgan fingerprint density at radius 2 is 1.78 bits per heavy atom. The molecule has 0 radical (unpaired) electrons. The van der Waals surface area contributed by atoms with Gasteiger partial charge in [0.25, 0.3) is 5.91 Å². The fourth-order valence-corrected chi connectivity index (χ4v) is 4.74. The van der Waals surface area contributed by atoms with Crippen molar-refractivity contribution in [2.24, 2.45) is 0 Å². The van der Waals surface area contributed by atoms with Gasteiger partial charge in [0.05, 0.1) is 16.8 Å². The van der Waals surface area contributed by atoms with Gasteiger partial charge in [-0.3, -0.25) is 9.59 Å². The molecule has 2 unspecified atom stereocenters. The summed E-state index contributed by atoms with van der Waals surface area (Å²) in [4.78, 5) is 29.1. The summed E-state index contributed by atoms with van der Waals surface area (Å²) in [5.74, 6) is 0.361. The lowest BCUT2D eigenvalue weighted by atomic mass is 10.0. The molecule has 41 heavy (non-hydrogen) atoms. The summed E-state index contributed by atoms with van der Waals surface area (Å²) < 4.78 is 45.3. The number of carbonyl (C=O) groups excluding carboxylic acids is 2. The van der Waals surface area contributed by atoms with Crippen LogP contribution in [-0.4, -0.2) is 45.6 Å². The molecule has 0 fully saturated rings. The van der Waals surface area contributed by atoms with Gasteiger partial charge in [0.15, 0.2) is 6.10 Å². The van der Waals surface area contributed by atoms with Crippen LogP contribution in [0.15, 0.2) is 48.7 Å². The number of nitrogens with zero attached hydrogens (tertiary/aromatic N) is 2. The van der Waals surface area contributed by atoms with Crippen LogP contribution in [0.1, 0.15) is 61.9 Å². The largest absolute Gasteiger partial charge is 0.480 e. The molecule has 2 N–H and O–H groups in total. The Morgan fingerprint density at radius 1 is 1.10 bits per heavy atom. The fraction of sp³-hybridized carbons (Fsp3) is 0.414. The van der Waals surface area contributed by atoms with Gasteiger partial charge in [-0.2, -0.15) is 13.2 Å². The van der Waals surface area contributed by atoms with E-state index in [-0.39, 0.29) is 34.3 Å². The van der Waals surface area contributed by atoms with E-state index in [4.69, 9.17) is 32.9 Å². The van der Waals surface area contributed by atoms with Gasteiger partial charge in [0, 0.05) is 42.7 Å². The van der Waals surface area contributed by atoms with Gasteiger partial charge in [0.1, 0.15) is 11.6 Å². The summed E-state index contributed by atoms with van der Waals surface area (Å²) in [5, 5.41) is 5.70. The molecule has 0 spiro atoms. The van der Waals surface area contributed by atoms with E-state index in [1.54, 1.807) is 0 Å². The van der Waals surface area contributed by atoms with Crippen LogP contribution < -0.4 is 15.4 Å². The number of aryl methyl sites for hydroxylation is 1. The molecule has 7 nitrogen and oxygen atoms in total. The average Bonchev–Trinajstić information content (AvgIpc) is 3.34. The maximum Gasteiger partial charge on any atom is 0.425 e. The summed E-state index contributed by atoms with van der Waals surface area (Å²) in [6.45, 7) is 6.95. The highest BCUT2D eigenvalue weighted by Crippen LogP contribution is 2.31. The van der Waals surface area contributed by atoms with E-state index in [1.807, 2.05) is 48.9 Å². The quantitative estimate of drug-likeness (QED) is 0.222. The lowest BCUT2D eigenvalue weighted by Gasteiger charge is -2.20. The molecule has 2 aromatic carbocycles. The van der Waals surface area contributed by atoms with Gasteiger partial charge in [-0.05, 0) is 57.4 Å². The predicted octanol–water partition coefficient (Wildman–Crippen LogP) is 6.72. The third-order valence-corrected chi connectivity index (χ3v) is 6.95. The summed E-state index contributed by atoms with van der Waals surface area (Å²) >= 11 is 12.1. The number of carbonyl (C=O) groups is 2. The summed E-state index contributed by atoms with van der Waals surface area (Å²) in [6, 6.07) is 11.2. The van der Waals surface area contributed by atoms with E-state index in [0.29, 0.717) is 25.3 Å². The highest BCUT2D eigenvalue weighted by molar-refractivity contribution is 6.32. The number of ether oxygens (including phenoxy) is 1. The monoisotopic (exact) mass is 612 g/mol. The second kappa shape index (κ2) is 14.1. The third kappa shape index (κ3) is 8.87. The van der Waals surface area contributed by atoms with Crippen molar-refractivity contribution in [3.8, 4) is 17.0 Å². The minimum absolute atomic E-state index is 0.0987. The van der Waals surface area contributed by atoms with Crippen molar-refractivity contribution in [1.29, 1.82) is 0 Å². The molecule has 0 saturated carbocycles. The van der Waals surface area contributed by atoms with E-state index in [1.165, 1.54) is 25.1 Å². The SMILES string of the molecule is CCn1cc(-c2ccc(CC(CCCl)NC(=O)c3ccc(OC(C)C(F)(F)F)c(Cl)c3)cc2)nc1[C@@H](C)NC(C)=O. The van der Waals surface area contributed by atoms with Gasteiger partial charge < -0.3 is 19.9 Å². The van der Waals surface area contributed by atoms with Gasteiger partial charge in [-0.25, -0.2) is 4.98 Å². The van der Waals surface area contributed by atoms with Crippen molar-refractivity contribution in [2.75, 3.05) is 5.88 Å². The number of alkyl halides is 4. The van der Waals surface area contributed by atoms with Crippen molar-refractivity contribution in [3.05, 3.63) is 70.6 Å². The van der Waals surface area contributed by atoms with Crippen molar-refractivity contribution in [2.45, 2.75) is 71.4 Å². The number of aromatic nitrogens is 2. The minimum atomic E-state index is -4.54. The smallest absolute Gasteiger partial charge is 0.425 e. The zero-order valence-electron chi connectivity index (χ0n) is 23.2. The van der Waals surface area contributed by atoms with Crippen LogP contribution in [0.3, 0.4) is 0 Å². The lowest BCUT2D eigenvalue weighted by Crippen LogP contribution is -2.36. The summed E-state index contributed by atoms with van der Waals surface area (Å²) in [5.41, 5.74) is 2.85. The molecule has 0 saturated heterocycles. The Kier molecular flexibility index (Phi) is 11.1. The molecule has 222 valence electrons. The molecular weight excluding hydrogens is 580 g/mol. The zero-order chi connectivity index (χ0) is 30.3. The van der Waals surface area contributed by atoms with Crippen LogP contribution >= 0.6 is 23.2 Å². The first-order valence-electron chi connectivity index (χ1n) is 13.2. The van der Waals surface area contributed by atoms with Crippen LogP contribution in [0, 0.1) is 0 Å². The van der Waals surface area contributed by atoms with Crippen molar-refractivity contribution >= 4 is 35.0 Å². The number of rotatable bonds is 12. The molecule has 1 aromatic heterocycles. The summed E-state index contributed by atoms with van der Waals surface area (Å²) in [6.07, 6.45) is -3.64. The van der Waals surface area contributed by atoms with Crippen molar-refractivity contribution < 1.29 is 27.5 Å². The average molecular weight is 614 g/mol. The molecule has 0 aliphatic carbocycles. The molecule has 3 aromatic rings. The molecule has 12 heteroatoms. The third-order valence-electron chi connectivity index (χ3n) is 6.44. The molecule has 1 heterocycles. The standard InChI is InChI=1S/C29H33Cl2F3N4O3/c1-5-38-16-25(37-27(38)17(2)35-19(4)39)21-8-6-20(7-9-21)14-23(12-13-30)36-28(40)22-10-11-26(24(31)15-22)41-18(3)29(32,33)34/h6-11,15-18,23H,5,12-14H2,1-4H3,(H,35,39)(H,36,40)/t17-,18?,23?/m1/s1. The van der Waals surface area contributed by atoms with Crippen molar-refractivity contribution in [1.82, 2.24) is 20.2 Å². The predicted molar refractivity (Wildman–Crippen MR) is 153 cm³/mol. The van der Waals surface area contributed by atoms with E-state index < -0.39 is 18.2 Å².